The third kappa shape index (κ3) is 8.86. The van der Waals surface area contributed by atoms with Gasteiger partial charge in [-0.2, -0.15) is 0 Å². The van der Waals surface area contributed by atoms with Gasteiger partial charge in [0.2, 0.25) is 11.9 Å². The van der Waals surface area contributed by atoms with Crippen LogP contribution in [0.4, 0.5) is 21.9 Å². The predicted octanol–water partition coefficient (Wildman–Crippen LogP) is 4.89. The molecule has 1 aliphatic carbocycles. The molecule has 0 unspecified atom stereocenters. The number of aliphatic imine (C=N–C) groups is 1. The molecule has 1 fully saturated rings. The largest absolute Gasteiger partial charge is 0.494 e. The van der Waals surface area contributed by atoms with Crippen molar-refractivity contribution in [1.82, 2.24) is 15.1 Å². The second kappa shape index (κ2) is 15.3. The van der Waals surface area contributed by atoms with Crippen LogP contribution in [0.5, 0.6) is 5.75 Å². The van der Waals surface area contributed by atoms with Crippen molar-refractivity contribution in [3.8, 4) is 5.75 Å². The molecule has 3 amide bonds. The molecule has 2 aromatic rings. The van der Waals surface area contributed by atoms with Gasteiger partial charge in [-0.1, -0.05) is 31.4 Å². The average Bonchev–Trinajstić information content (AvgIpc) is 2.99. The number of amides is 3. The van der Waals surface area contributed by atoms with Crippen molar-refractivity contribution < 1.29 is 23.9 Å². The summed E-state index contributed by atoms with van der Waals surface area (Å²) in [6.45, 7) is 2.66. The Morgan fingerprint density at radius 2 is 1.79 bits per heavy atom. The Morgan fingerprint density at radius 1 is 1.02 bits per heavy atom. The number of guanidine groups is 1. The number of hydrogen-bond acceptors (Lipinski definition) is 8. The van der Waals surface area contributed by atoms with E-state index in [1.807, 2.05) is 73.4 Å². The third-order valence-electron chi connectivity index (χ3n) is 7.74. The number of carbonyl (C=O) groups is 3. The Bertz CT molecular complexity index is 1310. The fourth-order valence-electron chi connectivity index (χ4n) is 5.44. The summed E-state index contributed by atoms with van der Waals surface area (Å²) in [4.78, 5) is 48.2. The van der Waals surface area contributed by atoms with Crippen LogP contribution < -0.4 is 20.3 Å². The highest BCUT2D eigenvalue weighted by Crippen LogP contribution is 2.30. The lowest BCUT2D eigenvalue weighted by Gasteiger charge is -2.31. The first-order chi connectivity index (χ1) is 20.7. The van der Waals surface area contributed by atoms with Crippen LogP contribution in [0.15, 0.2) is 47.5 Å². The molecule has 0 aromatic heterocycles. The average molecular weight is 593 g/mol. The van der Waals surface area contributed by atoms with E-state index >= 15 is 0 Å². The summed E-state index contributed by atoms with van der Waals surface area (Å²) in [7, 11) is 5.71. The summed E-state index contributed by atoms with van der Waals surface area (Å²) in [5, 5.41) is 5.67. The first kappa shape index (κ1) is 31.7. The minimum Gasteiger partial charge on any atom is -0.494 e. The summed E-state index contributed by atoms with van der Waals surface area (Å²) in [5.41, 5.74) is 3.01. The van der Waals surface area contributed by atoms with Crippen molar-refractivity contribution in [2.24, 2.45) is 4.99 Å². The molecular formula is C32H44N6O5. The molecule has 0 atom stereocenters. The highest BCUT2D eigenvalue weighted by Gasteiger charge is 2.25. The van der Waals surface area contributed by atoms with Crippen LogP contribution in [0.1, 0.15) is 57.4 Å². The Hall–Kier alpha value is -4.28. The molecule has 2 N–H and O–H groups in total. The fourth-order valence-corrected chi connectivity index (χ4v) is 5.44. The minimum atomic E-state index is -0.478. The van der Waals surface area contributed by atoms with Crippen LogP contribution >= 0.6 is 0 Å². The quantitative estimate of drug-likeness (QED) is 0.282. The lowest BCUT2D eigenvalue weighted by molar-refractivity contribution is -0.143. The van der Waals surface area contributed by atoms with Crippen molar-refractivity contribution >= 4 is 40.9 Å². The predicted molar refractivity (Wildman–Crippen MR) is 168 cm³/mol. The fraction of sp³-hybridized carbons (Fsp3) is 0.500. The Morgan fingerprint density at radius 3 is 2.53 bits per heavy atom. The SMILES string of the molecule is CCOC(=O)CN1Cc2cc(OCCCC(=O)N(C)C3CCCCC3)ccc2N=C1NC(=O)Nc1ccccc1N(C)C. The molecular weight excluding hydrogens is 548 g/mol. The van der Waals surface area contributed by atoms with E-state index in [0.29, 0.717) is 49.2 Å². The number of hydrogen-bond donors (Lipinski definition) is 2. The molecule has 0 saturated heterocycles. The number of ether oxygens (including phenoxy) is 2. The number of para-hydroxylation sites is 2. The van der Waals surface area contributed by atoms with Crippen LogP contribution in [0.25, 0.3) is 0 Å². The minimum absolute atomic E-state index is 0.0810. The number of fused-ring (bicyclic) bond motifs is 1. The maximum atomic E-state index is 13.0. The van der Waals surface area contributed by atoms with Crippen molar-refractivity contribution in [1.29, 1.82) is 0 Å². The number of benzene rings is 2. The molecule has 0 radical (unpaired) electrons. The second-order valence-corrected chi connectivity index (χ2v) is 11.1. The maximum Gasteiger partial charge on any atom is 0.326 e. The monoisotopic (exact) mass is 592 g/mol. The summed E-state index contributed by atoms with van der Waals surface area (Å²) in [6, 6.07) is 12.9. The van der Waals surface area contributed by atoms with Gasteiger partial charge in [-0.3, -0.25) is 14.9 Å². The lowest BCUT2D eigenvalue weighted by atomic mass is 9.94. The van der Waals surface area contributed by atoms with Gasteiger partial charge in [0, 0.05) is 45.7 Å². The van der Waals surface area contributed by atoms with Gasteiger partial charge in [0.05, 0.1) is 30.3 Å². The lowest BCUT2D eigenvalue weighted by Crippen LogP contribution is -2.48. The number of nitrogens with one attached hydrogen (secondary N) is 2. The van der Waals surface area contributed by atoms with Gasteiger partial charge in [-0.15, -0.1) is 0 Å². The van der Waals surface area contributed by atoms with Gasteiger partial charge >= 0.3 is 12.0 Å². The highest BCUT2D eigenvalue weighted by molar-refractivity contribution is 6.05. The van der Waals surface area contributed by atoms with Gasteiger partial charge in [0.1, 0.15) is 12.3 Å². The van der Waals surface area contributed by atoms with E-state index in [0.717, 1.165) is 24.1 Å². The molecule has 2 aromatic carbocycles. The van der Waals surface area contributed by atoms with Crippen molar-refractivity contribution in [3.63, 3.8) is 0 Å². The van der Waals surface area contributed by atoms with Crippen molar-refractivity contribution in [2.45, 2.75) is 64.5 Å². The summed E-state index contributed by atoms with van der Waals surface area (Å²) in [5.74, 6) is 0.649. The summed E-state index contributed by atoms with van der Waals surface area (Å²) < 4.78 is 11.1. The molecule has 4 rings (SSSR count). The van der Waals surface area contributed by atoms with Crippen molar-refractivity contribution in [2.75, 3.05) is 51.1 Å². The van der Waals surface area contributed by atoms with E-state index in [1.165, 1.54) is 19.3 Å². The van der Waals surface area contributed by atoms with Gasteiger partial charge in [-0.05, 0) is 56.5 Å². The molecule has 43 heavy (non-hydrogen) atoms. The number of esters is 1. The second-order valence-electron chi connectivity index (χ2n) is 11.1. The van der Waals surface area contributed by atoms with E-state index in [1.54, 1.807) is 11.8 Å². The summed E-state index contributed by atoms with van der Waals surface area (Å²) >= 11 is 0. The summed E-state index contributed by atoms with van der Waals surface area (Å²) in [6.07, 6.45) is 6.91. The van der Waals surface area contributed by atoms with E-state index in [-0.39, 0.29) is 25.0 Å². The Labute approximate surface area is 254 Å². The normalized spacial score (nSPS) is 14.7. The molecule has 0 spiro atoms. The smallest absolute Gasteiger partial charge is 0.326 e. The number of anilines is 2. The van der Waals surface area contributed by atoms with Crippen LogP contribution in [0.3, 0.4) is 0 Å². The number of rotatable bonds is 11. The molecule has 1 saturated carbocycles. The van der Waals surface area contributed by atoms with E-state index in [9.17, 15) is 14.4 Å². The van der Waals surface area contributed by atoms with E-state index < -0.39 is 12.0 Å². The zero-order valence-corrected chi connectivity index (χ0v) is 25.7. The zero-order valence-electron chi connectivity index (χ0n) is 25.7. The van der Waals surface area contributed by atoms with Crippen LogP contribution in [-0.4, -0.2) is 80.6 Å². The zero-order chi connectivity index (χ0) is 30.8. The number of carbonyl (C=O) groups excluding carboxylic acids is 3. The molecule has 0 bridgehead atoms. The maximum absolute atomic E-state index is 13.0. The van der Waals surface area contributed by atoms with E-state index in [2.05, 4.69) is 15.6 Å². The van der Waals surface area contributed by atoms with Gasteiger partial charge in [-0.25, -0.2) is 9.79 Å². The molecule has 11 nitrogen and oxygen atoms in total. The van der Waals surface area contributed by atoms with Crippen LogP contribution in [0.2, 0.25) is 0 Å². The first-order valence-corrected chi connectivity index (χ1v) is 15.1. The Balaban J connectivity index is 1.39. The molecule has 2 aliphatic rings. The van der Waals surface area contributed by atoms with Crippen molar-refractivity contribution in [3.05, 3.63) is 48.0 Å². The number of nitrogens with zero attached hydrogens (tertiary/aromatic N) is 4. The standard InChI is InChI=1S/C32H44N6O5/c1-5-42-30(40)22-38-21-23-20-25(43-19-11-16-29(39)37(4)24-12-7-6-8-13-24)17-18-26(23)33-31(38)35-32(41)34-27-14-9-10-15-28(27)36(2)3/h9-10,14-15,17-18,20,24H,5-8,11-13,16,19,21-22H2,1-4H3,(H2,33,34,35,41). The third-order valence-corrected chi connectivity index (χ3v) is 7.74. The molecule has 11 heteroatoms. The van der Waals surface area contributed by atoms with E-state index in [4.69, 9.17) is 9.47 Å². The molecule has 1 aliphatic heterocycles. The van der Waals surface area contributed by atoms with Crippen LogP contribution in [0, 0.1) is 0 Å². The molecule has 232 valence electrons. The first-order valence-electron chi connectivity index (χ1n) is 15.1. The highest BCUT2D eigenvalue weighted by atomic mass is 16.5. The topological polar surface area (TPSA) is 116 Å². The van der Waals surface area contributed by atoms with Crippen LogP contribution in [-0.2, 0) is 20.9 Å². The van der Waals surface area contributed by atoms with Gasteiger partial charge in [0.15, 0.2) is 0 Å². The number of urea groups is 1. The molecule has 1 heterocycles. The van der Waals surface area contributed by atoms with Gasteiger partial charge < -0.3 is 29.5 Å². The Kier molecular flexibility index (Phi) is 11.2. The van der Waals surface area contributed by atoms with Gasteiger partial charge in [0.25, 0.3) is 0 Å².